The second-order valence-electron chi connectivity index (χ2n) is 5.56. The Morgan fingerprint density at radius 1 is 1.14 bits per heavy atom. The summed E-state index contributed by atoms with van der Waals surface area (Å²) in [5.41, 5.74) is 9.50. The minimum atomic E-state index is 0.532. The SMILES string of the molecule is CC(C)Cn1cc(N)c(-c2cnn(-c3ccccc3)c2)n1. The van der Waals surface area contributed by atoms with E-state index in [0.29, 0.717) is 11.6 Å². The topological polar surface area (TPSA) is 61.7 Å². The lowest BCUT2D eigenvalue weighted by Crippen LogP contribution is -2.04. The molecule has 0 aliphatic heterocycles. The fraction of sp³-hybridized carbons (Fsp3) is 0.250. The quantitative estimate of drug-likeness (QED) is 0.799. The summed E-state index contributed by atoms with van der Waals surface area (Å²) in [7, 11) is 0. The van der Waals surface area contributed by atoms with Crippen LogP contribution in [0.2, 0.25) is 0 Å². The van der Waals surface area contributed by atoms with Gasteiger partial charge >= 0.3 is 0 Å². The fourth-order valence-corrected chi connectivity index (χ4v) is 2.30. The summed E-state index contributed by atoms with van der Waals surface area (Å²) in [4.78, 5) is 0. The second kappa shape index (κ2) is 5.44. The molecule has 5 heteroatoms. The van der Waals surface area contributed by atoms with Crippen LogP contribution in [0.3, 0.4) is 0 Å². The van der Waals surface area contributed by atoms with E-state index in [-0.39, 0.29) is 0 Å². The minimum absolute atomic E-state index is 0.532. The van der Waals surface area contributed by atoms with Gasteiger partial charge in [-0.1, -0.05) is 32.0 Å². The van der Waals surface area contributed by atoms with Crippen LogP contribution in [0.1, 0.15) is 13.8 Å². The highest BCUT2D eigenvalue weighted by atomic mass is 15.3. The molecule has 3 rings (SSSR count). The molecule has 2 N–H and O–H groups in total. The van der Waals surface area contributed by atoms with Crippen LogP contribution in [-0.2, 0) is 6.54 Å². The summed E-state index contributed by atoms with van der Waals surface area (Å²) < 4.78 is 3.73. The molecule has 0 aliphatic carbocycles. The Balaban J connectivity index is 1.91. The zero-order chi connectivity index (χ0) is 14.8. The van der Waals surface area contributed by atoms with E-state index in [1.54, 1.807) is 6.20 Å². The van der Waals surface area contributed by atoms with Gasteiger partial charge in [0.25, 0.3) is 0 Å². The average Bonchev–Trinajstić information content (AvgIpc) is 3.06. The lowest BCUT2D eigenvalue weighted by atomic mass is 10.2. The minimum Gasteiger partial charge on any atom is -0.396 e. The predicted octanol–water partition coefficient (Wildman–Crippen LogP) is 2.97. The molecule has 0 radical (unpaired) electrons. The summed E-state index contributed by atoms with van der Waals surface area (Å²) in [6, 6.07) is 9.99. The van der Waals surface area contributed by atoms with Gasteiger partial charge in [0.15, 0.2) is 0 Å². The van der Waals surface area contributed by atoms with E-state index in [9.17, 15) is 0 Å². The van der Waals surface area contributed by atoms with Crippen molar-refractivity contribution < 1.29 is 0 Å². The van der Waals surface area contributed by atoms with Crippen LogP contribution in [0, 0.1) is 5.92 Å². The van der Waals surface area contributed by atoms with Crippen molar-refractivity contribution >= 4 is 5.69 Å². The molecule has 0 unspecified atom stereocenters. The smallest absolute Gasteiger partial charge is 0.118 e. The number of nitrogen functional groups attached to an aromatic ring is 1. The Labute approximate surface area is 124 Å². The first kappa shape index (κ1) is 13.4. The van der Waals surface area contributed by atoms with Gasteiger partial charge in [0.2, 0.25) is 0 Å². The molecule has 0 spiro atoms. The molecule has 2 heterocycles. The summed E-state index contributed by atoms with van der Waals surface area (Å²) >= 11 is 0. The van der Waals surface area contributed by atoms with Gasteiger partial charge in [-0.15, -0.1) is 0 Å². The lowest BCUT2D eigenvalue weighted by molar-refractivity contribution is 0.484. The highest BCUT2D eigenvalue weighted by Gasteiger charge is 2.12. The number of benzene rings is 1. The third-order valence-electron chi connectivity index (χ3n) is 3.22. The third-order valence-corrected chi connectivity index (χ3v) is 3.22. The van der Waals surface area contributed by atoms with Gasteiger partial charge in [0.1, 0.15) is 5.69 Å². The predicted molar refractivity (Wildman–Crippen MR) is 84.0 cm³/mol. The van der Waals surface area contributed by atoms with Gasteiger partial charge < -0.3 is 5.73 Å². The number of nitrogens with zero attached hydrogens (tertiary/aromatic N) is 4. The summed E-state index contributed by atoms with van der Waals surface area (Å²) in [6.45, 7) is 5.17. The maximum Gasteiger partial charge on any atom is 0.118 e. The molecule has 3 aromatic rings. The number of hydrogen-bond donors (Lipinski definition) is 1. The van der Waals surface area contributed by atoms with E-state index in [4.69, 9.17) is 5.73 Å². The number of anilines is 1. The van der Waals surface area contributed by atoms with Crippen LogP contribution in [0.5, 0.6) is 0 Å². The van der Waals surface area contributed by atoms with Gasteiger partial charge in [-0.2, -0.15) is 10.2 Å². The van der Waals surface area contributed by atoms with Crippen LogP contribution in [0.25, 0.3) is 16.9 Å². The molecule has 0 bridgehead atoms. The summed E-state index contributed by atoms with van der Waals surface area (Å²) in [6.07, 6.45) is 5.63. The fourth-order valence-electron chi connectivity index (χ4n) is 2.30. The third kappa shape index (κ3) is 2.81. The van der Waals surface area contributed by atoms with Crippen molar-refractivity contribution in [2.75, 3.05) is 5.73 Å². The van der Waals surface area contributed by atoms with Gasteiger partial charge in [-0.05, 0) is 18.1 Å². The van der Waals surface area contributed by atoms with Crippen molar-refractivity contribution in [2.45, 2.75) is 20.4 Å². The largest absolute Gasteiger partial charge is 0.396 e. The normalized spacial score (nSPS) is 11.2. The van der Waals surface area contributed by atoms with Gasteiger partial charge in [-0.25, -0.2) is 4.68 Å². The van der Waals surface area contributed by atoms with Crippen molar-refractivity contribution in [1.82, 2.24) is 19.6 Å². The first-order valence-corrected chi connectivity index (χ1v) is 7.07. The van der Waals surface area contributed by atoms with Crippen molar-refractivity contribution in [2.24, 2.45) is 5.92 Å². The lowest BCUT2D eigenvalue weighted by Gasteiger charge is -2.03. The van der Waals surface area contributed by atoms with Crippen LogP contribution in [0.4, 0.5) is 5.69 Å². The van der Waals surface area contributed by atoms with Gasteiger partial charge in [0, 0.05) is 24.5 Å². The number of nitrogens with two attached hydrogens (primary N) is 1. The van der Waals surface area contributed by atoms with E-state index < -0.39 is 0 Å². The van der Waals surface area contributed by atoms with E-state index in [1.807, 2.05) is 52.1 Å². The number of aromatic nitrogens is 4. The van der Waals surface area contributed by atoms with E-state index in [2.05, 4.69) is 24.0 Å². The molecule has 0 saturated heterocycles. The Kier molecular flexibility index (Phi) is 3.48. The molecule has 0 saturated carbocycles. The average molecular weight is 281 g/mol. The highest BCUT2D eigenvalue weighted by molar-refractivity contribution is 5.71. The second-order valence-corrected chi connectivity index (χ2v) is 5.56. The van der Waals surface area contributed by atoms with Crippen LogP contribution < -0.4 is 5.73 Å². The molecule has 0 atom stereocenters. The van der Waals surface area contributed by atoms with Crippen molar-refractivity contribution in [3.05, 3.63) is 48.9 Å². The Bertz CT molecular complexity index is 724. The van der Waals surface area contributed by atoms with Crippen LogP contribution in [0.15, 0.2) is 48.9 Å². The molecular weight excluding hydrogens is 262 g/mol. The molecule has 0 fully saturated rings. The standard InChI is InChI=1S/C16H19N5/c1-12(2)9-20-11-15(17)16(19-20)13-8-18-21(10-13)14-6-4-3-5-7-14/h3-8,10-12H,9,17H2,1-2H3. The number of rotatable bonds is 4. The van der Waals surface area contributed by atoms with Crippen molar-refractivity contribution in [3.63, 3.8) is 0 Å². The molecule has 21 heavy (non-hydrogen) atoms. The van der Waals surface area contributed by atoms with Crippen LogP contribution in [-0.4, -0.2) is 19.6 Å². The first-order chi connectivity index (χ1) is 10.1. The van der Waals surface area contributed by atoms with E-state index in [1.165, 1.54) is 0 Å². The van der Waals surface area contributed by atoms with Gasteiger partial charge in [0.05, 0.1) is 17.6 Å². The van der Waals surface area contributed by atoms with Gasteiger partial charge in [-0.3, -0.25) is 4.68 Å². The van der Waals surface area contributed by atoms with Crippen LogP contribution >= 0.6 is 0 Å². The molecule has 0 aliphatic rings. The van der Waals surface area contributed by atoms with E-state index in [0.717, 1.165) is 23.5 Å². The maximum absolute atomic E-state index is 6.08. The molecule has 108 valence electrons. The summed E-state index contributed by atoms with van der Waals surface area (Å²) in [5.74, 6) is 0.532. The van der Waals surface area contributed by atoms with Crippen molar-refractivity contribution in [3.8, 4) is 16.9 Å². The monoisotopic (exact) mass is 281 g/mol. The maximum atomic E-state index is 6.08. The molecule has 0 amide bonds. The van der Waals surface area contributed by atoms with Crippen molar-refractivity contribution in [1.29, 1.82) is 0 Å². The highest BCUT2D eigenvalue weighted by Crippen LogP contribution is 2.24. The Morgan fingerprint density at radius 3 is 2.62 bits per heavy atom. The Morgan fingerprint density at radius 2 is 1.90 bits per heavy atom. The van der Waals surface area contributed by atoms with E-state index >= 15 is 0 Å². The molecule has 5 nitrogen and oxygen atoms in total. The zero-order valence-electron chi connectivity index (χ0n) is 12.3. The summed E-state index contributed by atoms with van der Waals surface area (Å²) in [5, 5.41) is 8.95. The Hall–Kier alpha value is -2.56. The number of hydrogen-bond acceptors (Lipinski definition) is 3. The number of para-hydroxylation sites is 1. The first-order valence-electron chi connectivity index (χ1n) is 7.07. The molecule has 2 aromatic heterocycles. The molecule has 1 aromatic carbocycles. The molecular formula is C16H19N5. The zero-order valence-corrected chi connectivity index (χ0v) is 12.3.